The molecule has 0 saturated carbocycles. The predicted octanol–water partition coefficient (Wildman–Crippen LogP) is 4.34. The number of fused-ring (bicyclic) bond motifs is 1. The quantitative estimate of drug-likeness (QED) is 0.541. The molecule has 3 rings (SSSR count). The fourth-order valence-corrected chi connectivity index (χ4v) is 3.08. The van der Waals surface area contributed by atoms with Crippen molar-refractivity contribution in [2.45, 2.75) is 47.3 Å². The molecule has 1 heterocycles. The van der Waals surface area contributed by atoms with Gasteiger partial charge in [0, 0.05) is 6.54 Å². The SMILES string of the molecule is Cc1noc(C)c1COc1cc2ccccc2cc1C(=O)O[C@H](C)C(=O)NCC(C)C. The molecule has 1 aromatic heterocycles. The Morgan fingerprint density at radius 1 is 1.10 bits per heavy atom. The van der Waals surface area contributed by atoms with E-state index < -0.39 is 12.1 Å². The Balaban J connectivity index is 1.84. The van der Waals surface area contributed by atoms with Crippen molar-refractivity contribution < 1.29 is 23.6 Å². The summed E-state index contributed by atoms with van der Waals surface area (Å²) in [5.74, 6) is 0.390. The summed E-state index contributed by atoms with van der Waals surface area (Å²) in [6.07, 6.45) is -0.923. The third kappa shape index (κ3) is 5.42. The van der Waals surface area contributed by atoms with Gasteiger partial charge in [-0.1, -0.05) is 43.3 Å². The first-order valence-electron chi connectivity index (χ1n) is 10.3. The number of nitrogens with zero attached hydrogens (tertiary/aromatic N) is 1. The highest BCUT2D eigenvalue weighted by Gasteiger charge is 2.23. The maximum atomic E-state index is 12.9. The summed E-state index contributed by atoms with van der Waals surface area (Å²) in [7, 11) is 0. The van der Waals surface area contributed by atoms with Gasteiger partial charge < -0.3 is 19.3 Å². The molecule has 1 amide bonds. The lowest BCUT2D eigenvalue weighted by Gasteiger charge is -2.17. The summed E-state index contributed by atoms with van der Waals surface area (Å²) in [6, 6.07) is 11.2. The predicted molar refractivity (Wildman–Crippen MR) is 117 cm³/mol. The van der Waals surface area contributed by atoms with E-state index in [1.54, 1.807) is 19.1 Å². The Morgan fingerprint density at radius 2 is 1.77 bits per heavy atom. The first-order valence-corrected chi connectivity index (χ1v) is 10.3. The molecule has 1 N–H and O–H groups in total. The number of hydrogen-bond donors (Lipinski definition) is 1. The highest BCUT2D eigenvalue weighted by atomic mass is 16.5. The molecule has 2 aromatic carbocycles. The largest absolute Gasteiger partial charge is 0.488 e. The molecule has 0 aliphatic rings. The summed E-state index contributed by atoms with van der Waals surface area (Å²) in [4.78, 5) is 25.2. The number of hydrogen-bond acceptors (Lipinski definition) is 6. The van der Waals surface area contributed by atoms with E-state index in [1.165, 1.54) is 0 Å². The second-order valence-electron chi connectivity index (χ2n) is 7.97. The molecule has 7 nitrogen and oxygen atoms in total. The minimum atomic E-state index is -0.923. The van der Waals surface area contributed by atoms with E-state index in [9.17, 15) is 9.59 Å². The maximum Gasteiger partial charge on any atom is 0.342 e. The Hall–Kier alpha value is -3.35. The summed E-state index contributed by atoms with van der Waals surface area (Å²) in [5.41, 5.74) is 1.82. The lowest BCUT2D eigenvalue weighted by atomic mass is 10.1. The number of carbonyl (C=O) groups is 2. The standard InChI is InChI=1S/C24H28N2O5/c1-14(2)12-25-23(27)17(5)30-24(28)20-10-18-8-6-7-9-19(18)11-22(20)29-13-21-15(3)26-31-16(21)4/h6-11,14,17H,12-13H2,1-5H3,(H,25,27)/t17-/m1/s1. The first kappa shape index (κ1) is 22.3. The molecule has 164 valence electrons. The number of aromatic nitrogens is 1. The summed E-state index contributed by atoms with van der Waals surface area (Å²) >= 11 is 0. The summed E-state index contributed by atoms with van der Waals surface area (Å²) < 4.78 is 16.6. The van der Waals surface area contributed by atoms with Gasteiger partial charge in [0.2, 0.25) is 0 Å². The van der Waals surface area contributed by atoms with Gasteiger partial charge in [-0.3, -0.25) is 4.79 Å². The van der Waals surface area contributed by atoms with Crippen LogP contribution in [0.15, 0.2) is 40.9 Å². The third-order valence-electron chi connectivity index (χ3n) is 4.96. The lowest BCUT2D eigenvalue weighted by molar-refractivity contribution is -0.129. The number of rotatable bonds is 8. The molecule has 0 spiro atoms. The second kappa shape index (κ2) is 9.64. The van der Waals surface area contributed by atoms with Gasteiger partial charge in [-0.15, -0.1) is 0 Å². The smallest absolute Gasteiger partial charge is 0.342 e. The number of benzene rings is 2. The molecule has 0 aliphatic carbocycles. The van der Waals surface area contributed by atoms with Crippen molar-refractivity contribution in [3.63, 3.8) is 0 Å². The molecule has 0 fully saturated rings. The van der Waals surface area contributed by atoms with Gasteiger partial charge >= 0.3 is 5.97 Å². The summed E-state index contributed by atoms with van der Waals surface area (Å²) in [6.45, 7) is 9.91. The monoisotopic (exact) mass is 424 g/mol. The molecule has 7 heteroatoms. The number of nitrogens with one attached hydrogen (secondary N) is 1. The van der Waals surface area contributed by atoms with Gasteiger partial charge in [0.15, 0.2) is 6.10 Å². The fourth-order valence-electron chi connectivity index (χ4n) is 3.08. The van der Waals surface area contributed by atoms with Gasteiger partial charge in [-0.25, -0.2) is 4.79 Å². The molecule has 3 aromatic rings. The van der Waals surface area contributed by atoms with E-state index in [-0.39, 0.29) is 18.1 Å². The van der Waals surface area contributed by atoms with Crippen LogP contribution in [0, 0.1) is 19.8 Å². The van der Waals surface area contributed by atoms with Crippen LogP contribution in [-0.4, -0.2) is 29.7 Å². The van der Waals surface area contributed by atoms with Crippen molar-refractivity contribution in [1.29, 1.82) is 0 Å². The zero-order chi connectivity index (χ0) is 22.5. The minimum absolute atomic E-state index is 0.199. The Morgan fingerprint density at radius 3 is 2.39 bits per heavy atom. The molecule has 0 bridgehead atoms. The molecule has 31 heavy (non-hydrogen) atoms. The van der Waals surface area contributed by atoms with Crippen molar-refractivity contribution in [3.05, 3.63) is 59.0 Å². The lowest BCUT2D eigenvalue weighted by Crippen LogP contribution is -2.37. The van der Waals surface area contributed by atoms with Gasteiger partial charge in [-0.2, -0.15) is 0 Å². The molecule has 0 saturated heterocycles. The van der Waals surface area contributed by atoms with Crippen molar-refractivity contribution in [2.75, 3.05) is 6.54 Å². The average Bonchev–Trinajstić information content (AvgIpc) is 3.06. The Kier molecular flexibility index (Phi) is 6.95. The molecule has 0 unspecified atom stereocenters. The van der Waals surface area contributed by atoms with Crippen LogP contribution in [0.4, 0.5) is 0 Å². The average molecular weight is 424 g/mol. The van der Waals surface area contributed by atoms with E-state index in [0.29, 0.717) is 24.0 Å². The van der Waals surface area contributed by atoms with Gasteiger partial charge in [0.1, 0.15) is 23.7 Å². The normalized spacial score (nSPS) is 12.1. The molecule has 0 aliphatic heterocycles. The van der Waals surface area contributed by atoms with Crippen LogP contribution in [0.5, 0.6) is 5.75 Å². The van der Waals surface area contributed by atoms with Gasteiger partial charge in [-0.05, 0) is 49.6 Å². The Bertz CT molecular complexity index is 1070. The third-order valence-corrected chi connectivity index (χ3v) is 4.96. The van der Waals surface area contributed by atoms with Gasteiger partial charge in [0.05, 0.1) is 11.3 Å². The minimum Gasteiger partial charge on any atom is -0.488 e. The number of ether oxygens (including phenoxy) is 2. The number of aryl methyl sites for hydroxylation is 2. The number of amides is 1. The molecular formula is C24H28N2O5. The van der Waals surface area contributed by atoms with E-state index in [2.05, 4.69) is 10.5 Å². The van der Waals surface area contributed by atoms with Crippen LogP contribution >= 0.6 is 0 Å². The van der Waals surface area contributed by atoms with Crippen molar-refractivity contribution in [1.82, 2.24) is 10.5 Å². The molecule has 1 atom stereocenters. The van der Waals surface area contributed by atoms with E-state index in [4.69, 9.17) is 14.0 Å². The van der Waals surface area contributed by atoms with Crippen LogP contribution < -0.4 is 10.1 Å². The highest BCUT2D eigenvalue weighted by Crippen LogP contribution is 2.28. The van der Waals surface area contributed by atoms with Crippen molar-refractivity contribution in [2.24, 2.45) is 5.92 Å². The van der Waals surface area contributed by atoms with Crippen LogP contribution in [0.2, 0.25) is 0 Å². The maximum absolute atomic E-state index is 12.9. The van der Waals surface area contributed by atoms with E-state index >= 15 is 0 Å². The van der Waals surface area contributed by atoms with Crippen LogP contribution in [-0.2, 0) is 16.1 Å². The number of esters is 1. The van der Waals surface area contributed by atoms with E-state index in [0.717, 1.165) is 22.0 Å². The zero-order valence-electron chi connectivity index (χ0n) is 18.5. The van der Waals surface area contributed by atoms with Crippen molar-refractivity contribution in [3.8, 4) is 5.75 Å². The van der Waals surface area contributed by atoms with Crippen molar-refractivity contribution >= 4 is 22.6 Å². The molecule has 0 radical (unpaired) electrons. The number of carbonyl (C=O) groups excluding carboxylic acids is 2. The topological polar surface area (TPSA) is 90.7 Å². The van der Waals surface area contributed by atoms with Gasteiger partial charge in [0.25, 0.3) is 5.91 Å². The first-order chi connectivity index (χ1) is 14.8. The fraction of sp³-hybridized carbons (Fsp3) is 0.375. The Labute approximate surface area is 181 Å². The second-order valence-corrected chi connectivity index (χ2v) is 7.97. The van der Waals surface area contributed by atoms with Crippen LogP contribution in [0.1, 0.15) is 48.1 Å². The van der Waals surface area contributed by atoms with Crippen LogP contribution in [0.3, 0.4) is 0 Å². The summed E-state index contributed by atoms with van der Waals surface area (Å²) in [5, 5.41) is 8.51. The molecular weight excluding hydrogens is 396 g/mol. The zero-order valence-corrected chi connectivity index (χ0v) is 18.5. The van der Waals surface area contributed by atoms with Crippen LogP contribution in [0.25, 0.3) is 10.8 Å². The highest BCUT2D eigenvalue weighted by molar-refractivity contribution is 5.99. The van der Waals surface area contributed by atoms with E-state index in [1.807, 2.05) is 52.0 Å².